The predicted molar refractivity (Wildman–Crippen MR) is 89.4 cm³/mol. The summed E-state index contributed by atoms with van der Waals surface area (Å²) in [6, 6.07) is 2.61. The lowest BCUT2D eigenvalue weighted by Crippen LogP contribution is -2.42. The van der Waals surface area contributed by atoms with Gasteiger partial charge in [0.25, 0.3) is 5.91 Å². The molecule has 0 aliphatic rings. The van der Waals surface area contributed by atoms with Crippen LogP contribution in [0.15, 0.2) is 18.3 Å². The molecule has 7 nitrogen and oxygen atoms in total. The van der Waals surface area contributed by atoms with E-state index in [1.54, 1.807) is 29.7 Å². The lowest BCUT2D eigenvalue weighted by Gasteiger charge is -2.16. The van der Waals surface area contributed by atoms with E-state index in [0.717, 1.165) is 0 Å². The van der Waals surface area contributed by atoms with Crippen LogP contribution in [0.25, 0.3) is 5.65 Å². The van der Waals surface area contributed by atoms with Crippen LogP contribution >= 0.6 is 0 Å². The summed E-state index contributed by atoms with van der Waals surface area (Å²) in [5, 5.41) is 11.9. The molecule has 2 heterocycles. The van der Waals surface area contributed by atoms with Gasteiger partial charge in [-0.15, -0.1) is 0 Å². The van der Waals surface area contributed by atoms with Crippen LogP contribution in [-0.4, -0.2) is 39.0 Å². The normalized spacial score (nSPS) is 12.4. The first-order valence-corrected chi connectivity index (χ1v) is 7.99. The fraction of sp³-hybridized carbons (Fsp3) is 0.471. The topological polar surface area (TPSA) is 92.9 Å². The highest BCUT2D eigenvalue weighted by atomic mass is 16.5. The number of hydrogen-bond donors (Lipinski definition) is 2. The summed E-state index contributed by atoms with van der Waals surface area (Å²) >= 11 is 0. The second kappa shape index (κ2) is 7.33. The van der Waals surface area contributed by atoms with Crippen LogP contribution in [-0.2, 0) is 4.79 Å². The highest BCUT2D eigenvalue weighted by Crippen LogP contribution is 2.22. The number of hydrogen-bond acceptors (Lipinski definition) is 4. The smallest absolute Gasteiger partial charge is 0.326 e. The third kappa shape index (κ3) is 3.67. The van der Waals surface area contributed by atoms with Crippen LogP contribution in [0.3, 0.4) is 0 Å². The zero-order valence-corrected chi connectivity index (χ0v) is 14.4. The molecule has 0 bridgehead atoms. The first kappa shape index (κ1) is 17.8. The molecule has 2 N–H and O–H groups in total. The maximum absolute atomic E-state index is 12.6. The number of carbonyl (C=O) groups is 2. The third-order valence-electron chi connectivity index (χ3n) is 3.61. The largest absolute Gasteiger partial charge is 0.490 e. The first-order valence-electron chi connectivity index (χ1n) is 7.99. The number of ether oxygens (including phenoxy) is 1. The Labute approximate surface area is 140 Å². The van der Waals surface area contributed by atoms with E-state index in [-0.39, 0.29) is 5.92 Å². The molecule has 2 rings (SSSR count). The van der Waals surface area contributed by atoms with E-state index >= 15 is 0 Å². The van der Waals surface area contributed by atoms with E-state index in [9.17, 15) is 14.7 Å². The Balaban J connectivity index is 2.37. The van der Waals surface area contributed by atoms with Crippen molar-refractivity contribution in [3.8, 4) is 5.75 Å². The average Bonchev–Trinajstić information content (AvgIpc) is 2.83. The minimum atomic E-state index is -1.04. The minimum absolute atomic E-state index is 0.152. The van der Waals surface area contributed by atoms with Gasteiger partial charge in [-0.25, -0.2) is 9.78 Å². The second-order valence-corrected chi connectivity index (χ2v) is 6.04. The van der Waals surface area contributed by atoms with Gasteiger partial charge in [-0.3, -0.25) is 9.20 Å². The van der Waals surface area contributed by atoms with Gasteiger partial charge in [0.15, 0.2) is 11.4 Å². The van der Waals surface area contributed by atoms with Crippen LogP contribution in [0.2, 0.25) is 0 Å². The molecule has 0 saturated carbocycles. The molecule has 1 atom stereocenters. The quantitative estimate of drug-likeness (QED) is 0.811. The molecule has 24 heavy (non-hydrogen) atoms. The summed E-state index contributed by atoms with van der Waals surface area (Å²) in [6.45, 7) is 7.90. The van der Waals surface area contributed by atoms with E-state index in [4.69, 9.17) is 4.74 Å². The summed E-state index contributed by atoms with van der Waals surface area (Å²) in [7, 11) is 0. The maximum Gasteiger partial charge on any atom is 0.326 e. The van der Waals surface area contributed by atoms with Gasteiger partial charge in [0, 0.05) is 6.20 Å². The van der Waals surface area contributed by atoms with Gasteiger partial charge in [-0.1, -0.05) is 13.8 Å². The van der Waals surface area contributed by atoms with Crippen LogP contribution in [0.1, 0.15) is 43.4 Å². The number of nitrogens with zero attached hydrogens (tertiary/aromatic N) is 2. The Morgan fingerprint density at radius 2 is 2.12 bits per heavy atom. The van der Waals surface area contributed by atoms with Crippen LogP contribution in [0, 0.1) is 12.8 Å². The lowest BCUT2D eigenvalue weighted by atomic mass is 10.0. The highest BCUT2D eigenvalue weighted by Gasteiger charge is 2.25. The van der Waals surface area contributed by atoms with E-state index in [1.165, 1.54) is 0 Å². The Kier molecular flexibility index (Phi) is 5.43. The lowest BCUT2D eigenvalue weighted by molar-refractivity contribution is -0.139. The molecule has 0 radical (unpaired) electrons. The van der Waals surface area contributed by atoms with Gasteiger partial charge in [-0.2, -0.15) is 0 Å². The molecular weight excluding hydrogens is 310 g/mol. The standard InChI is InChI=1S/C17H23N3O4/c1-5-24-13-7-6-8-20-14(11(4)18-15(13)20)16(21)19-12(17(22)23)9-10(2)3/h6-8,10,12H,5,9H2,1-4H3,(H,19,21)(H,22,23). The number of fused-ring (bicyclic) bond motifs is 1. The fourth-order valence-electron chi connectivity index (χ4n) is 2.62. The van der Waals surface area contributed by atoms with Crippen LogP contribution in [0.5, 0.6) is 5.75 Å². The number of carboxylic acid groups (broad SMARTS) is 1. The predicted octanol–water partition coefficient (Wildman–Crippen LogP) is 2.27. The Bertz CT molecular complexity index is 752. The summed E-state index contributed by atoms with van der Waals surface area (Å²) in [5.74, 6) is -0.765. The summed E-state index contributed by atoms with van der Waals surface area (Å²) < 4.78 is 7.16. The molecule has 0 saturated heterocycles. The van der Waals surface area contributed by atoms with Gasteiger partial charge >= 0.3 is 5.97 Å². The SMILES string of the molecule is CCOc1cccn2c(C(=O)NC(CC(C)C)C(=O)O)c(C)nc12. The number of carboxylic acids is 1. The Morgan fingerprint density at radius 3 is 2.71 bits per heavy atom. The van der Waals surface area contributed by atoms with Gasteiger partial charge < -0.3 is 15.2 Å². The molecule has 7 heteroatoms. The molecule has 2 aromatic heterocycles. The number of nitrogens with one attached hydrogen (secondary N) is 1. The molecular formula is C17H23N3O4. The second-order valence-electron chi connectivity index (χ2n) is 6.04. The number of aliphatic carboxylic acids is 1. The molecule has 1 amide bonds. The average molecular weight is 333 g/mol. The van der Waals surface area contributed by atoms with E-state index in [0.29, 0.717) is 35.8 Å². The maximum atomic E-state index is 12.6. The van der Waals surface area contributed by atoms with Gasteiger partial charge in [0.05, 0.1) is 12.3 Å². The van der Waals surface area contributed by atoms with Crippen molar-refractivity contribution in [3.63, 3.8) is 0 Å². The number of rotatable bonds is 7. The van der Waals surface area contributed by atoms with Crippen molar-refractivity contribution in [1.82, 2.24) is 14.7 Å². The van der Waals surface area contributed by atoms with E-state index < -0.39 is 17.9 Å². The molecule has 2 aromatic rings. The van der Waals surface area contributed by atoms with Gasteiger partial charge in [0.2, 0.25) is 0 Å². The van der Waals surface area contributed by atoms with Crippen molar-refractivity contribution in [2.24, 2.45) is 5.92 Å². The number of aromatic nitrogens is 2. The molecule has 0 spiro atoms. The molecule has 0 aliphatic carbocycles. The highest BCUT2D eigenvalue weighted by molar-refractivity contribution is 5.97. The molecule has 1 unspecified atom stereocenters. The number of carbonyl (C=O) groups excluding carboxylic acids is 1. The summed E-state index contributed by atoms with van der Waals surface area (Å²) in [4.78, 5) is 28.4. The number of aryl methyl sites for hydroxylation is 1. The number of pyridine rings is 1. The van der Waals surface area contributed by atoms with Crippen molar-refractivity contribution in [2.45, 2.75) is 40.2 Å². The van der Waals surface area contributed by atoms with Crippen molar-refractivity contribution in [1.29, 1.82) is 0 Å². The zero-order chi connectivity index (χ0) is 17.9. The molecule has 0 aliphatic heterocycles. The summed E-state index contributed by atoms with van der Waals surface area (Å²) in [5.41, 5.74) is 1.38. The number of amides is 1. The zero-order valence-electron chi connectivity index (χ0n) is 14.4. The van der Waals surface area contributed by atoms with E-state index in [1.807, 2.05) is 20.8 Å². The van der Waals surface area contributed by atoms with Crippen molar-refractivity contribution in [2.75, 3.05) is 6.61 Å². The third-order valence-corrected chi connectivity index (χ3v) is 3.61. The van der Waals surface area contributed by atoms with Gasteiger partial charge in [-0.05, 0) is 38.3 Å². The van der Waals surface area contributed by atoms with Gasteiger partial charge in [0.1, 0.15) is 11.7 Å². The monoisotopic (exact) mass is 333 g/mol. The van der Waals surface area contributed by atoms with Crippen molar-refractivity contribution in [3.05, 3.63) is 29.7 Å². The summed E-state index contributed by atoms with van der Waals surface area (Å²) in [6.07, 6.45) is 2.08. The van der Waals surface area contributed by atoms with E-state index in [2.05, 4.69) is 10.3 Å². The Morgan fingerprint density at radius 1 is 1.42 bits per heavy atom. The minimum Gasteiger partial charge on any atom is -0.490 e. The van der Waals surface area contributed by atoms with Crippen molar-refractivity contribution < 1.29 is 19.4 Å². The Hall–Kier alpha value is -2.57. The molecule has 0 fully saturated rings. The molecule has 130 valence electrons. The van der Waals surface area contributed by atoms with Crippen molar-refractivity contribution >= 4 is 17.5 Å². The molecule has 0 aromatic carbocycles. The van der Waals surface area contributed by atoms with Crippen LogP contribution < -0.4 is 10.1 Å². The fourth-order valence-corrected chi connectivity index (χ4v) is 2.62. The number of imidazole rings is 1. The van der Waals surface area contributed by atoms with Crippen LogP contribution in [0.4, 0.5) is 0 Å². The first-order chi connectivity index (χ1) is 11.3.